The predicted molar refractivity (Wildman–Crippen MR) is 136 cm³/mol. The molecule has 3 aliphatic heterocycles. The van der Waals surface area contributed by atoms with E-state index in [9.17, 15) is 14.7 Å². The Balaban J connectivity index is 1.56. The molecule has 0 radical (unpaired) electrons. The minimum absolute atomic E-state index is 0.0119. The number of piperidine rings is 1. The molecule has 35 heavy (non-hydrogen) atoms. The summed E-state index contributed by atoms with van der Waals surface area (Å²) in [7, 11) is 2.07. The number of hydrogen-bond acceptors (Lipinski definition) is 6. The predicted octanol–water partition coefficient (Wildman–Crippen LogP) is 3.39. The van der Waals surface area contributed by atoms with Crippen molar-refractivity contribution in [2.45, 2.75) is 35.6 Å². The monoisotopic (exact) mass is 488 g/mol. The van der Waals surface area contributed by atoms with Crippen LogP contribution in [0.1, 0.15) is 46.1 Å². The number of likely N-dealkylation sites (tertiary alicyclic amines) is 1. The van der Waals surface area contributed by atoms with E-state index >= 15 is 0 Å². The van der Waals surface area contributed by atoms with E-state index in [1.54, 1.807) is 10.9 Å². The standard InChI is InChI=1S/C27H28N4O3S/c1-28-13-6-8-19(15-28)29-17-31(30-14-12-22(32)26(33)25(30)27(29)34)24-20-9-3-2-7-18(20)16-35-23-11-5-4-10-21(23)24/h2-5,7,9-12,14,19,24,33H,6,8,13,15-17H2,1H3. The van der Waals surface area contributed by atoms with Crippen LogP contribution >= 0.6 is 11.8 Å². The number of rotatable bonds is 2. The fraction of sp³-hybridized carbons (Fsp3) is 0.333. The van der Waals surface area contributed by atoms with Crippen LogP contribution in [0.5, 0.6) is 5.75 Å². The van der Waals surface area contributed by atoms with Crippen molar-refractivity contribution in [3.63, 3.8) is 0 Å². The summed E-state index contributed by atoms with van der Waals surface area (Å²) in [6, 6.07) is 18.0. The molecular formula is C27H28N4O3S. The lowest BCUT2D eigenvalue weighted by molar-refractivity contribution is 0.0477. The van der Waals surface area contributed by atoms with E-state index in [2.05, 4.69) is 59.4 Å². The summed E-state index contributed by atoms with van der Waals surface area (Å²) in [6.45, 7) is 2.14. The van der Waals surface area contributed by atoms with Crippen LogP contribution in [0.2, 0.25) is 0 Å². The lowest BCUT2D eigenvalue weighted by Crippen LogP contribution is -2.60. The van der Waals surface area contributed by atoms with Crippen LogP contribution in [0.3, 0.4) is 0 Å². The fourth-order valence-electron chi connectivity index (χ4n) is 5.65. The van der Waals surface area contributed by atoms with Gasteiger partial charge in [0.1, 0.15) is 6.67 Å². The maximum atomic E-state index is 13.7. The molecule has 0 saturated carbocycles. The largest absolute Gasteiger partial charge is 0.502 e. The van der Waals surface area contributed by atoms with E-state index in [0.717, 1.165) is 37.2 Å². The topological polar surface area (TPSA) is 69.0 Å². The third-order valence-corrected chi connectivity index (χ3v) is 8.51. The maximum absolute atomic E-state index is 13.7. The third kappa shape index (κ3) is 3.72. The average molecular weight is 489 g/mol. The van der Waals surface area contributed by atoms with Gasteiger partial charge in [-0.15, -0.1) is 11.8 Å². The molecular weight excluding hydrogens is 460 g/mol. The zero-order chi connectivity index (χ0) is 24.1. The van der Waals surface area contributed by atoms with Gasteiger partial charge in [0.05, 0.1) is 6.04 Å². The molecule has 8 heteroatoms. The molecule has 1 fully saturated rings. The average Bonchev–Trinajstić information content (AvgIpc) is 3.03. The van der Waals surface area contributed by atoms with E-state index in [1.807, 2.05) is 22.7 Å². The molecule has 2 atom stereocenters. The van der Waals surface area contributed by atoms with Gasteiger partial charge in [-0.1, -0.05) is 42.5 Å². The fourth-order valence-corrected chi connectivity index (χ4v) is 6.75. The Labute approximate surface area is 208 Å². The molecule has 0 aliphatic carbocycles. The van der Waals surface area contributed by atoms with Crippen LogP contribution in [0.4, 0.5) is 0 Å². The second-order valence-electron chi connectivity index (χ2n) is 9.56. The molecule has 7 nitrogen and oxygen atoms in total. The van der Waals surface area contributed by atoms with E-state index < -0.39 is 11.2 Å². The molecule has 3 aromatic rings. The summed E-state index contributed by atoms with van der Waals surface area (Å²) >= 11 is 1.81. The van der Waals surface area contributed by atoms with Gasteiger partial charge < -0.3 is 14.9 Å². The molecule has 6 rings (SSSR count). The highest BCUT2D eigenvalue weighted by molar-refractivity contribution is 7.98. The van der Waals surface area contributed by atoms with Crippen molar-refractivity contribution in [1.82, 2.24) is 14.5 Å². The van der Waals surface area contributed by atoms with Gasteiger partial charge >= 0.3 is 0 Å². The molecule has 4 heterocycles. The number of benzene rings is 2. The number of likely N-dealkylation sites (N-methyl/N-ethyl adjacent to an activating group) is 1. The molecule has 0 spiro atoms. The highest BCUT2D eigenvalue weighted by atomic mass is 32.2. The van der Waals surface area contributed by atoms with Crippen molar-refractivity contribution < 1.29 is 9.90 Å². The van der Waals surface area contributed by atoms with Gasteiger partial charge in [-0.3, -0.25) is 19.3 Å². The van der Waals surface area contributed by atoms with Crippen molar-refractivity contribution in [2.24, 2.45) is 0 Å². The second kappa shape index (κ2) is 8.77. The number of hydrogen-bond donors (Lipinski definition) is 1. The minimum Gasteiger partial charge on any atom is -0.502 e. The lowest BCUT2D eigenvalue weighted by Gasteiger charge is -2.48. The molecule has 0 bridgehead atoms. The van der Waals surface area contributed by atoms with Crippen LogP contribution in [0, 0.1) is 0 Å². The lowest BCUT2D eigenvalue weighted by atomic mass is 9.94. The number of carbonyl (C=O) groups is 1. The van der Waals surface area contributed by atoms with Crippen LogP contribution in [-0.4, -0.2) is 58.3 Å². The van der Waals surface area contributed by atoms with Crippen molar-refractivity contribution in [2.75, 3.05) is 31.8 Å². The number of nitrogens with zero attached hydrogens (tertiary/aromatic N) is 4. The molecule has 1 saturated heterocycles. The minimum atomic E-state index is -0.538. The molecule has 1 N–H and O–H groups in total. The Morgan fingerprint density at radius 2 is 1.77 bits per heavy atom. The van der Waals surface area contributed by atoms with Gasteiger partial charge in [-0.05, 0) is 49.2 Å². The van der Waals surface area contributed by atoms with Gasteiger partial charge in [0.15, 0.2) is 11.4 Å². The molecule has 3 aliphatic rings. The Kier molecular flexibility index (Phi) is 5.57. The van der Waals surface area contributed by atoms with Crippen LogP contribution in [0.15, 0.2) is 70.5 Å². The van der Waals surface area contributed by atoms with E-state index in [0.29, 0.717) is 6.67 Å². The highest BCUT2D eigenvalue weighted by Gasteiger charge is 2.41. The number of fused-ring (bicyclic) bond motifs is 3. The van der Waals surface area contributed by atoms with E-state index in [4.69, 9.17) is 0 Å². The Morgan fingerprint density at radius 3 is 2.60 bits per heavy atom. The van der Waals surface area contributed by atoms with Crippen molar-refractivity contribution in [1.29, 1.82) is 0 Å². The molecule has 2 unspecified atom stereocenters. The van der Waals surface area contributed by atoms with Gasteiger partial charge in [-0.25, -0.2) is 0 Å². The van der Waals surface area contributed by atoms with Crippen molar-refractivity contribution >= 4 is 17.7 Å². The summed E-state index contributed by atoms with van der Waals surface area (Å²) in [6.07, 6.45) is 3.53. The molecule has 1 aromatic heterocycles. The Hall–Kier alpha value is -3.23. The number of amides is 1. The van der Waals surface area contributed by atoms with Crippen LogP contribution < -0.4 is 10.4 Å². The highest BCUT2D eigenvalue weighted by Crippen LogP contribution is 2.43. The normalized spacial score (nSPS) is 22.3. The number of carbonyl (C=O) groups excluding carboxylic acids is 1. The zero-order valence-electron chi connectivity index (χ0n) is 19.6. The second-order valence-corrected chi connectivity index (χ2v) is 10.6. The van der Waals surface area contributed by atoms with E-state index in [1.165, 1.54) is 22.1 Å². The van der Waals surface area contributed by atoms with Gasteiger partial charge in [-0.2, -0.15) is 0 Å². The first-order valence-corrected chi connectivity index (χ1v) is 13.0. The van der Waals surface area contributed by atoms with Gasteiger partial charge in [0, 0.05) is 35.5 Å². The molecule has 2 aromatic carbocycles. The Bertz CT molecular complexity index is 1310. The number of aromatic nitrogens is 1. The maximum Gasteiger partial charge on any atom is 0.278 e. The number of pyridine rings is 1. The van der Waals surface area contributed by atoms with Crippen molar-refractivity contribution in [3.05, 3.63) is 93.4 Å². The summed E-state index contributed by atoms with van der Waals surface area (Å²) in [5.74, 6) is 0.0813. The third-order valence-electron chi connectivity index (χ3n) is 7.38. The van der Waals surface area contributed by atoms with Crippen LogP contribution in [0.25, 0.3) is 0 Å². The number of thioether (sulfide) groups is 1. The first kappa shape index (κ1) is 22.2. The summed E-state index contributed by atoms with van der Waals surface area (Å²) < 4.78 is 1.70. The first-order valence-electron chi connectivity index (χ1n) is 12.0. The molecule has 1 amide bonds. The van der Waals surface area contributed by atoms with Gasteiger partial charge in [0.25, 0.3) is 5.91 Å². The van der Waals surface area contributed by atoms with Gasteiger partial charge in [0.2, 0.25) is 5.43 Å². The Morgan fingerprint density at radius 1 is 1.00 bits per heavy atom. The summed E-state index contributed by atoms with van der Waals surface area (Å²) in [5.41, 5.74) is 3.07. The first-order chi connectivity index (χ1) is 17.0. The van der Waals surface area contributed by atoms with Crippen LogP contribution in [-0.2, 0) is 5.75 Å². The number of aromatic hydroxyl groups is 1. The summed E-state index contributed by atoms with van der Waals surface area (Å²) in [5, 5.41) is 13.0. The van der Waals surface area contributed by atoms with Crippen molar-refractivity contribution in [3.8, 4) is 5.75 Å². The quantitative estimate of drug-likeness (QED) is 0.597. The SMILES string of the molecule is CN1CCCC(N2CN(C3c4ccccc4CSc4ccccc43)n3ccc(=O)c(O)c3C2=O)C1. The smallest absolute Gasteiger partial charge is 0.278 e. The zero-order valence-corrected chi connectivity index (χ0v) is 20.4. The molecule has 180 valence electrons. The van der Waals surface area contributed by atoms with E-state index in [-0.39, 0.29) is 23.7 Å². The summed E-state index contributed by atoms with van der Waals surface area (Å²) in [4.78, 5) is 31.5.